The maximum atomic E-state index is 13.6. The third kappa shape index (κ3) is 4.21. The third-order valence-corrected chi connectivity index (χ3v) is 5.87. The van der Waals surface area contributed by atoms with Crippen LogP contribution >= 0.6 is 11.8 Å². The van der Waals surface area contributed by atoms with Crippen LogP contribution in [0, 0.1) is 0 Å². The maximum absolute atomic E-state index is 13.6. The molecular weight excluding hydrogens is 442 g/mol. The Morgan fingerprint density at radius 1 is 1.09 bits per heavy atom. The predicted octanol–water partition coefficient (Wildman–Crippen LogP) is 3.95. The molecule has 2 N–H and O–H groups in total. The highest BCUT2D eigenvalue weighted by Gasteiger charge is 2.36. The quantitative estimate of drug-likeness (QED) is 0.504. The van der Waals surface area contributed by atoms with Crippen molar-refractivity contribution in [1.82, 2.24) is 14.8 Å². The van der Waals surface area contributed by atoms with Crippen LogP contribution in [-0.2, 0) is 4.79 Å². The molecule has 0 saturated heterocycles. The molecule has 0 radical (unpaired) electrons. The molecule has 0 fully saturated rings. The molecule has 10 heteroatoms. The van der Waals surface area contributed by atoms with Crippen LogP contribution in [0.2, 0.25) is 0 Å². The Morgan fingerprint density at radius 2 is 1.85 bits per heavy atom. The highest BCUT2D eigenvalue weighted by Crippen LogP contribution is 2.43. The van der Waals surface area contributed by atoms with E-state index in [0.29, 0.717) is 45.3 Å². The van der Waals surface area contributed by atoms with E-state index in [4.69, 9.17) is 14.2 Å². The lowest BCUT2D eigenvalue weighted by molar-refractivity contribution is -0.113. The Labute approximate surface area is 196 Å². The summed E-state index contributed by atoms with van der Waals surface area (Å²) in [5.74, 6) is 2.08. The number of thioether (sulfide) groups is 1. The monoisotopic (exact) mass is 467 g/mol. The van der Waals surface area contributed by atoms with Gasteiger partial charge in [-0.1, -0.05) is 23.9 Å². The molecule has 0 aliphatic carbocycles. The minimum Gasteiger partial charge on any atom is -0.497 e. The molecule has 4 rings (SSSR count). The van der Waals surface area contributed by atoms with E-state index >= 15 is 0 Å². The lowest BCUT2D eigenvalue weighted by Gasteiger charge is -2.29. The number of para-hydroxylation sites is 1. The van der Waals surface area contributed by atoms with Crippen molar-refractivity contribution >= 4 is 29.3 Å². The Balaban J connectivity index is 1.82. The number of amides is 1. The fraction of sp³-hybridized carbons (Fsp3) is 0.261. The number of carbonyl (C=O) groups excluding carboxylic acids is 1. The summed E-state index contributed by atoms with van der Waals surface area (Å²) in [4.78, 5) is 18.1. The molecular formula is C23H25N5O4S. The topological polar surface area (TPSA) is 99.5 Å². The summed E-state index contributed by atoms with van der Waals surface area (Å²) in [6, 6.07) is 12.1. The van der Waals surface area contributed by atoms with E-state index in [1.165, 1.54) is 11.8 Å². The van der Waals surface area contributed by atoms with E-state index in [2.05, 4.69) is 20.7 Å². The normalized spacial score (nSPS) is 14.9. The van der Waals surface area contributed by atoms with Crippen molar-refractivity contribution in [2.75, 3.05) is 38.2 Å². The summed E-state index contributed by atoms with van der Waals surface area (Å²) in [6.07, 6.45) is 1.90. The van der Waals surface area contributed by atoms with Crippen molar-refractivity contribution in [3.8, 4) is 17.2 Å². The molecule has 1 atom stereocenters. The lowest BCUT2D eigenvalue weighted by atomic mass is 9.94. The van der Waals surface area contributed by atoms with Gasteiger partial charge in [0, 0.05) is 16.9 Å². The van der Waals surface area contributed by atoms with E-state index in [9.17, 15) is 4.79 Å². The molecule has 0 bridgehead atoms. The number of carbonyl (C=O) groups is 1. The zero-order valence-corrected chi connectivity index (χ0v) is 19.8. The van der Waals surface area contributed by atoms with E-state index in [1.807, 2.05) is 31.4 Å². The van der Waals surface area contributed by atoms with E-state index in [-0.39, 0.29) is 5.91 Å². The third-order valence-electron chi connectivity index (χ3n) is 5.34. The average molecular weight is 468 g/mol. The molecule has 1 amide bonds. The van der Waals surface area contributed by atoms with Crippen LogP contribution in [0.15, 0.2) is 58.9 Å². The maximum Gasteiger partial charge on any atom is 0.255 e. The van der Waals surface area contributed by atoms with Crippen LogP contribution in [0.25, 0.3) is 0 Å². The molecule has 2 heterocycles. The minimum atomic E-state index is -0.585. The summed E-state index contributed by atoms with van der Waals surface area (Å²) < 4.78 is 18.1. The van der Waals surface area contributed by atoms with Crippen LogP contribution < -0.4 is 24.8 Å². The van der Waals surface area contributed by atoms with Gasteiger partial charge in [-0.25, -0.2) is 4.68 Å². The molecule has 0 unspecified atom stereocenters. The van der Waals surface area contributed by atoms with Crippen molar-refractivity contribution in [2.24, 2.45) is 0 Å². The Hall–Kier alpha value is -3.66. The van der Waals surface area contributed by atoms with Crippen LogP contribution in [0.1, 0.15) is 18.5 Å². The van der Waals surface area contributed by atoms with Crippen LogP contribution in [0.3, 0.4) is 0 Å². The predicted molar refractivity (Wildman–Crippen MR) is 127 cm³/mol. The molecule has 172 valence electrons. The zero-order valence-electron chi connectivity index (χ0n) is 19.0. The van der Waals surface area contributed by atoms with Gasteiger partial charge < -0.3 is 24.8 Å². The van der Waals surface area contributed by atoms with Gasteiger partial charge in [-0.2, -0.15) is 4.98 Å². The second kappa shape index (κ2) is 9.45. The van der Waals surface area contributed by atoms with Gasteiger partial charge in [-0.3, -0.25) is 4.79 Å². The van der Waals surface area contributed by atoms with Gasteiger partial charge in [0.15, 0.2) is 11.5 Å². The fourth-order valence-electron chi connectivity index (χ4n) is 3.80. The minimum absolute atomic E-state index is 0.271. The summed E-state index contributed by atoms with van der Waals surface area (Å²) in [5, 5.41) is 11.4. The fourth-order valence-corrected chi connectivity index (χ4v) is 4.15. The van der Waals surface area contributed by atoms with Crippen LogP contribution in [-0.4, -0.2) is 48.3 Å². The largest absolute Gasteiger partial charge is 0.497 e. The summed E-state index contributed by atoms with van der Waals surface area (Å²) >= 11 is 1.42. The number of rotatable bonds is 7. The second-order valence-electron chi connectivity index (χ2n) is 7.20. The molecule has 3 aromatic rings. The number of benzene rings is 2. The van der Waals surface area contributed by atoms with Gasteiger partial charge in [0.05, 0.1) is 26.9 Å². The Morgan fingerprint density at radius 3 is 2.48 bits per heavy atom. The number of hydrogen-bond donors (Lipinski definition) is 2. The highest BCUT2D eigenvalue weighted by molar-refractivity contribution is 7.98. The zero-order chi connectivity index (χ0) is 23.5. The number of anilines is 2. The van der Waals surface area contributed by atoms with Gasteiger partial charge in [0.2, 0.25) is 11.1 Å². The summed E-state index contributed by atoms with van der Waals surface area (Å²) in [5.41, 5.74) is 2.54. The number of ether oxygens (including phenoxy) is 3. The smallest absolute Gasteiger partial charge is 0.255 e. The average Bonchev–Trinajstić information content (AvgIpc) is 3.25. The molecule has 1 aromatic heterocycles. The van der Waals surface area contributed by atoms with Crippen molar-refractivity contribution in [3.05, 3.63) is 59.3 Å². The van der Waals surface area contributed by atoms with Crippen LogP contribution in [0.4, 0.5) is 11.6 Å². The van der Waals surface area contributed by atoms with Crippen LogP contribution in [0.5, 0.6) is 17.2 Å². The molecule has 9 nitrogen and oxygen atoms in total. The number of allylic oxidation sites excluding steroid dienone is 1. The van der Waals surface area contributed by atoms with Crippen molar-refractivity contribution in [1.29, 1.82) is 0 Å². The van der Waals surface area contributed by atoms with Crippen molar-refractivity contribution in [2.45, 2.75) is 18.1 Å². The Bertz CT molecular complexity index is 1210. The van der Waals surface area contributed by atoms with Crippen molar-refractivity contribution in [3.63, 3.8) is 0 Å². The van der Waals surface area contributed by atoms with E-state index in [0.717, 1.165) is 5.56 Å². The molecule has 33 heavy (non-hydrogen) atoms. The number of nitrogens with zero attached hydrogens (tertiary/aromatic N) is 3. The second-order valence-corrected chi connectivity index (χ2v) is 7.97. The molecule has 0 saturated carbocycles. The van der Waals surface area contributed by atoms with E-state index < -0.39 is 6.04 Å². The molecule has 0 spiro atoms. The van der Waals surface area contributed by atoms with Gasteiger partial charge in [-0.05, 0) is 43.5 Å². The Kier molecular flexibility index (Phi) is 6.45. The van der Waals surface area contributed by atoms with Gasteiger partial charge >= 0.3 is 0 Å². The first-order valence-corrected chi connectivity index (χ1v) is 11.4. The number of fused-ring (bicyclic) bond motifs is 1. The van der Waals surface area contributed by atoms with Crippen molar-refractivity contribution < 1.29 is 19.0 Å². The SMILES string of the molecule is COc1ccc(NC(=O)C2=C(C)Nc3nc(SC)nn3[C@H]2c2cccc(OC)c2OC)cc1. The first kappa shape index (κ1) is 22.5. The summed E-state index contributed by atoms with van der Waals surface area (Å²) in [6.45, 7) is 1.85. The number of nitrogens with one attached hydrogen (secondary N) is 2. The summed E-state index contributed by atoms with van der Waals surface area (Å²) in [7, 11) is 4.75. The molecule has 2 aromatic carbocycles. The number of methoxy groups -OCH3 is 3. The van der Waals surface area contributed by atoms with Gasteiger partial charge in [0.1, 0.15) is 11.8 Å². The standard InChI is InChI=1S/C23H25N5O4S/c1-13-18(21(29)25-14-9-11-15(30-2)12-10-14)19(28-22(24-13)26-23(27-28)33-5)16-7-6-8-17(31-3)20(16)32-4/h6-12,19H,1-5H3,(H,25,29)(H,24,26,27)/t19-/m0/s1. The first-order valence-electron chi connectivity index (χ1n) is 10.1. The number of aromatic nitrogens is 3. The number of hydrogen-bond acceptors (Lipinski definition) is 8. The van der Waals surface area contributed by atoms with E-state index in [1.54, 1.807) is 50.3 Å². The molecule has 1 aliphatic rings. The van der Waals surface area contributed by atoms with Gasteiger partial charge in [0.25, 0.3) is 5.91 Å². The first-order chi connectivity index (χ1) is 16.0. The van der Waals surface area contributed by atoms with Gasteiger partial charge in [-0.15, -0.1) is 5.10 Å². The molecule has 1 aliphatic heterocycles. The highest BCUT2D eigenvalue weighted by atomic mass is 32.2. The lowest BCUT2D eigenvalue weighted by Crippen LogP contribution is -2.31.